The lowest BCUT2D eigenvalue weighted by Crippen LogP contribution is -2.27. The average molecular weight is 304 g/mol. The van der Waals surface area contributed by atoms with Crippen LogP contribution in [0.4, 0.5) is 0 Å². The molecular weight excluding hydrogens is 288 g/mol. The van der Waals surface area contributed by atoms with Crippen molar-refractivity contribution in [2.75, 3.05) is 6.54 Å². The van der Waals surface area contributed by atoms with Gasteiger partial charge in [0.25, 0.3) is 10.0 Å². The number of sulfonamides is 1. The maximum absolute atomic E-state index is 12.1. The monoisotopic (exact) mass is 304 g/mol. The first-order valence-electron chi connectivity index (χ1n) is 6.33. The molecule has 1 aromatic heterocycles. The minimum atomic E-state index is -3.62. The Morgan fingerprint density at radius 1 is 1.43 bits per heavy atom. The van der Waals surface area contributed by atoms with E-state index in [2.05, 4.69) is 26.8 Å². The van der Waals surface area contributed by atoms with Gasteiger partial charge in [0.1, 0.15) is 0 Å². The van der Waals surface area contributed by atoms with Crippen molar-refractivity contribution in [3.05, 3.63) is 47.7 Å². The number of nitrogens with one attached hydrogen (secondary N) is 2. The van der Waals surface area contributed by atoms with Gasteiger partial charge in [-0.05, 0) is 30.7 Å². The molecule has 1 heterocycles. The second-order valence-corrected chi connectivity index (χ2v) is 6.08. The van der Waals surface area contributed by atoms with Crippen molar-refractivity contribution in [1.82, 2.24) is 14.9 Å². The third-order valence-corrected chi connectivity index (χ3v) is 4.29. The summed E-state index contributed by atoms with van der Waals surface area (Å²) in [7, 11) is -3.62. The molecule has 1 aromatic carbocycles. The normalized spacial score (nSPS) is 12.5. The van der Waals surface area contributed by atoms with E-state index in [1.165, 1.54) is 12.3 Å². The Kier molecular flexibility index (Phi) is 4.75. The van der Waals surface area contributed by atoms with Crippen molar-refractivity contribution in [2.24, 2.45) is 5.73 Å². The number of benzene rings is 1. The van der Waals surface area contributed by atoms with Gasteiger partial charge in [-0.15, -0.1) is 0 Å². The molecule has 0 aliphatic heterocycles. The number of H-pyrrole nitrogens is 1. The molecule has 0 amide bonds. The fraction of sp³-hybridized carbons (Fsp3) is 0.214. The minimum Gasteiger partial charge on any atom is -0.320 e. The molecule has 21 heavy (non-hydrogen) atoms. The molecule has 6 nitrogen and oxygen atoms in total. The Balaban J connectivity index is 2.19. The topological polar surface area (TPSA) is 101 Å². The van der Waals surface area contributed by atoms with Crippen LogP contribution < -0.4 is 10.5 Å². The summed E-state index contributed by atoms with van der Waals surface area (Å²) in [6, 6.07) is 8.37. The van der Waals surface area contributed by atoms with E-state index in [0.29, 0.717) is 0 Å². The first kappa shape index (κ1) is 15.3. The van der Waals surface area contributed by atoms with Crippen molar-refractivity contribution < 1.29 is 8.42 Å². The third-order valence-electron chi connectivity index (χ3n) is 2.82. The average Bonchev–Trinajstić information content (AvgIpc) is 3.00. The van der Waals surface area contributed by atoms with E-state index in [1.54, 1.807) is 6.92 Å². The van der Waals surface area contributed by atoms with Crippen molar-refractivity contribution in [3.63, 3.8) is 0 Å². The van der Waals surface area contributed by atoms with Crippen LogP contribution in [0, 0.1) is 11.8 Å². The van der Waals surface area contributed by atoms with Crippen molar-refractivity contribution in [1.29, 1.82) is 0 Å². The second-order valence-electron chi connectivity index (χ2n) is 4.40. The summed E-state index contributed by atoms with van der Waals surface area (Å²) in [6.45, 7) is 2.05. The second kappa shape index (κ2) is 6.54. The molecule has 110 valence electrons. The number of aromatic nitrogens is 2. The molecule has 0 saturated heterocycles. The van der Waals surface area contributed by atoms with Crippen LogP contribution in [0.5, 0.6) is 0 Å². The Hall–Kier alpha value is -2.14. The maximum Gasteiger partial charge on any atom is 0.258 e. The molecule has 4 N–H and O–H groups in total. The van der Waals surface area contributed by atoms with Crippen LogP contribution in [0.25, 0.3) is 0 Å². The number of nitrogens with zero attached hydrogens (tertiary/aromatic N) is 1. The molecule has 0 spiro atoms. The van der Waals surface area contributed by atoms with Crippen molar-refractivity contribution in [3.8, 4) is 11.8 Å². The van der Waals surface area contributed by atoms with Crippen molar-refractivity contribution >= 4 is 10.0 Å². The smallest absolute Gasteiger partial charge is 0.258 e. The summed E-state index contributed by atoms with van der Waals surface area (Å²) in [5.74, 6) is 5.69. The highest BCUT2D eigenvalue weighted by atomic mass is 32.2. The molecule has 0 radical (unpaired) electrons. The Bertz CT molecular complexity index is 758. The van der Waals surface area contributed by atoms with E-state index in [4.69, 9.17) is 5.73 Å². The number of hydrogen-bond acceptors (Lipinski definition) is 4. The van der Waals surface area contributed by atoms with Gasteiger partial charge in [0, 0.05) is 11.6 Å². The van der Waals surface area contributed by atoms with Crippen LogP contribution in [-0.2, 0) is 10.0 Å². The zero-order valence-electron chi connectivity index (χ0n) is 11.5. The van der Waals surface area contributed by atoms with Crippen LogP contribution in [0.15, 0.2) is 41.6 Å². The Morgan fingerprint density at radius 3 is 2.90 bits per heavy atom. The van der Waals surface area contributed by atoms with Gasteiger partial charge in [-0.3, -0.25) is 5.10 Å². The van der Waals surface area contributed by atoms with Gasteiger partial charge in [-0.1, -0.05) is 24.0 Å². The molecule has 1 atom stereocenters. The fourth-order valence-corrected chi connectivity index (χ4v) is 2.94. The highest BCUT2D eigenvalue weighted by molar-refractivity contribution is 7.89. The van der Waals surface area contributed by atoms with E-state index in [9.17, 15) is 8.42 Å². The van der Waals surface area contributed by atoms with Gasteiger partial charge in [-0.25, -0.2) is 13.1 Å². The van der Waals surface area contributed by atoms with Crippen molar-refractivity contribution in [2.45, 2.75) is 18.0 Å². The SMILES string of the molecule is CC(NS(=O)(=O)c1ccn[nH]1)c1cccc(C#CCN)c1. The van der Waals surface area contributed by atoms with E-state index < -0.39 is 16.1 Å². The minimum absolute atomic E-state index is 0.0356. The Labute approximate surface area is 123 Å². The van der Waals surface area contributed by atoms with E-state index in [1.807, 2.05) is 24.3 Å². The Morgan fingerprint density at radius 2 is 2.24 bits per heavy atom. The number of aromatic amines is 1. The number of rotatable bonds is 4. The maximum atomic E-state index is 12.1. The predicted octanol–water partition coefficient (Wildman–Crippen LogP) is 0.759. The van der Waals surface area contributed by atoms with Crippen LogP contribution in [0.2, 0.25) is 0 Å². The molecule has 0 saturated carbocycles. The standard InChI is InChI=1S/C14H16N4O2S/c1-11(18-21(19,20)14-7-9-16-17-14)13-6-2-4-12(10-13)5-3-8-15/h2,4,6-7,9-11,18H,8,15H2,1H3,(H,16,17). The summed E-state index contributed by atoms with van der Waals surface area (Å²) < 4.78 is 26.8. The van der Waals surface area contributed by atoms with Crippen LogP contribution >= 0.6 is 0 Å². The van der Waals surface area contributed by atoms with Gasteiger partial charge in [-0.2, -0.15) is 5.10 Å². The van der Waals surface area contributed by atoms with E-state index in [0.717, 1.165) is 11.1 Å². The molecular formula is C14H16N4O2S. The lowest BCUT2D eigenvalue weighted by Gasteiger charge is -2.14. The zero-order valence-corrected chi connectivity index (χ0v) is 12.3. The quantitative estimate of drug-likeness (QED) is 0.726. The predicted molar refractivity (Wildman–Crippen MR) is 79.7 cm³/mol. The van der Waals surface area contributed by atoms with Gasteiger partial charge in [0.05, 0.1) is 12.7 Å². The third kappa shape index (κ3) is 3.92. The molecule has 0 bridgehead atoms. The first-order chi connectivity index (χ1) is 10.0. The van der Waals surface area contributed by atoms with Gasteiger partial charge < -0.3 is 5.73 Å². The summed E-state index contributed by atoms with van der Waals surface area (Å²) in [5.41, 5.74) is 6.96. The number of hydrogen-bond donors (Lipinski definition) is 3. The summed E-state index contributed by atoms with van der Waals surface area (Å²) >= 11 is 0. The van der Waals surface area contributed by atoms with Gasteiger partial charge in [0.15, 0.2) is 5.03 Å². The number of nitrogens with two attached hydrogens (primary N) is 1. The molecule has 2 rings (SSSR count). The van der Waals surface area contributed by atoms with E-state index >= 15 is 0 Å². The van der Waals surface area contributed by atoms with Crippen LogP contribution in [0.1, 0.15) is 24.1 Å². The highest BCUT2D eigenvalue weighted by Gasteiger charge is 2.19. The highest BCUT2D eigenvalue weighted by Crippen LogP contribution is 2.16. The molecule has 2 aromatic rings. The molecule has 7 heteroatoms. The van der Waals surface area contributed by atoms with Gasteiger partial charge >= 0.3 is 0 Å². The molecule has 0 fully saturated rings. The van der Waals surface area contributed by atoms with Crippen LogP contribution in [0.3, 0.4) is 0 Å². The van der Waals surface area contributed by atoms with Gasteiger partial charge in [0.2, 0.25) is 0 Å². The lowest BCUT2D eigenvalue weighted by atomic mass is 10.1. The first-order valence-corrected chi connectivity index (χ1v) is 7.82. The molecule has 0 aliphatic rings. The lowest BCUT2D eigenvalue weighted by molar-refractivity contribution is 0.562. The summed E-state index contributed by atoms with van der Waals surface area (Å²) in [5, 5.41) is 6.11. The largest absolute Gasteiger partial charge is 0.320 e. The summed E-state index contributed by atoms with van der Waals surface area (Å²) in [4.78, 5) is 0. The summed E-state index contributed by atoms with van der Waals surface area (Å²) in [6.07, 6.45) is 1.39. The molecule has 0 aliphatic carbocycles. The van der Waals surface area contributed by atoms with E-state index in [-0.39, 0.29) is 11.6 Å². The molecule has 1 unspecified atom stereocenters. The fourth-order valence-electron chi connectivity index (χ4n) is 1.80. The van der Waals surface area contributed by atoms with Crippen LogP contribution in [-0.4, -0.2) is 25.2 Å². The zero-order chi connectivity index (χ0) is 15.3.